The Morgan fingerprint density at radius 3 is 1.88 bits per heavy atom. The number of carboxylic acid groups (broad SMARTS) is 1. The SMILES string of the molecule is COc1cc(NC(=O)c2ccccc2C(=O)O)c(OC)cc1NC(=O)Cc1ccccc1. The number of carbonyl (C=O) groups is 3. The van der Waals surface area contributed by atoms with Crippen LogP contribution in [0.4, 0.5) is 11.4 Å². The zero-order valence-corrected chi connectivity index (χ0v) is 17.5. The molecule has 0 aliphatic rings. The molecule has 32 heavy (non-hydrogen) atoms. The van der Waals surface area contributed by atoms with Gasteiger partial charge in [0.1, 0.15) is 11.5 Å². The number of carboxylic acids is 1. The number of methoxy groups -OCH3 is 2. The summed E-state index contributed by atoms with van der Waals surface area (Å²) in [7, 11) is 2.85. The molecule has 0 unspecified atom stereocenters. The predicted molar refractivity (Wildman–Crippen MR) is 120 cm³/mol. The number of hydrogen-bond acceptors (Lipinski definition) is 5. The van der Waals surface area contributed by atoms with E-state index in [1.54, 1.807) is 6.07 Å². The Labute approximate surface area is 184 Å². The maximum absolute atomic E-state index is 12.7. The fraction of sp³-hybridized carbons (Fsp3) is 0.125. The first kappa shape index (κ1) is 22.4. The van der Waals surface area contributed by atoms with Gasteiger partial charge in [-0.3, -0.25) is 9.59 Å². The predicted octanol–water partition coefficient (Wildman–Crippen LogP) is 3.84. The minimum atomic E-state index is -1.21. The number of amides is 2. The van der Waals surface area contributed by atoms with Crippen LogP contribution in [-0.2, 0) is 11.2 Å². The van der Waals surface area contributed by atoms with E-state index in [4.69, 9.17) is 9.47 Å². The Bertz CT molecular complexity index is 1140. The van der Waals surface area contributed by atoms with Gasteiger partial charge in [-0.05, 0) is 17.7 Å². The standard InChI is InChI=1S/C24H22N2O6/c1-31-20-14-19(26-23(28)16-10-6-7-11-17(16)24(29)30)21(32-2)13-18(20)25-22(27)12-15-8-4-3-5-9-15/h3-11,13-14H,12H2,1-2H3,(H,25,27)(H,26,28)(H,29,30). The van der Waals surface area contributed by atoms with Crippen LogP contribution >= 0.6 is 0 Å². The molecule has 3 rings (SSSR count). The molecule has 0 aliphatic heterocycles. The topological polar surface area (TPSA) is 114 Å². The molecule has 0 heterocycles. The Hall–Kier alpha value is -4.33. The third kappa shape index (κ3) is 5.23. The van der Waals surface area contributed by atoms with Crippen LogP contribution in [0.5, 0.6) is 11.5 Å². The number of hydrogen-bond donors (Lipinski definition) is 3. The maximum Gasteiger partial charge on any atom is 0.336 e. The normalized spacial score (nSPS) is 10.2. The van der Waals surface area contributed by atoms with Crippen LogP contribution in [0.3, 0.4) is 0 Å². The van der Waals surface area contributed by atoms with Crippen molar-refractivity contribution in [2.24, 2.45) is 0 Å². The highest BCUT2D eigenvalue weighted by atomic mass is 16.5. The molecular weight excluding hydrogens is 412 g/mol. The average molecular weight is 434 g/mol. The van der Waals surface area contributed by atoms with Crippen LogP contribution in [0.2, 0.25) is 0 Å². The molecule has 0 saturated carbocycles. The summed E-state index contributed by atoms with van der Waals surface area (Å²) >= 11 is 0. The van der Waals surface area contributed by atoms with E-state index in [1.165, 1.54) is 44.6 Å². The molecule has 3 aromatic rings. The van der Waals surface area contributed by atoms with E-state index in [2.05, 4.69) is 10.6 Å². The zero-order valence-electron chi connectivity index (χ0n) is 17.5. The highest BCUT2D eigenvalue weighted by Crippen LogP contribution is 2.37. The van der Waals surface area contributed by atoms with Crippen LogP contribution in [0, 0.1) is 0 Å². The van der Waals surface area contributed by atoms with Crippen molar-refractivity contribution in [3.8, 4) is 11.5 Å². The number of carbonyl (C=O) groups excluding carboxylic acids is 2. The second kappa shape index (κ2) is 10.1. The summed E-state index contributed by atoms with van der Waals surface area (Å²) in [6.07, 6.45) is 0.177. The van der Waals surface area contributed by atoms with Gasteiger partial charge in [-0.1, -0.05) is 42.5 Å². The largest absolute Gasteiger partial charge is 0.494 e. The summed E-state index contributed by atoms with van der Waals surface area (Å²) in [5, 5.41) is 14.8. The van der Waals surface area contributed by atoms with Gasteiger partial charge in [0.05, 0.1) is 43.1 Å². The number of benzene rings is 3. The zero-order chi connectivity index (χ0) is 23.1. The van der Waals surface area contributed by atoms with E-state index in [-0.39, 0.29) is 34.9 Å². The molecule has 0 spiro atoms. The lowest BCUT2D eigenvalue weighted by molar-refractivity contribution is -0.115. The van der Waals surface area contributed by atoms with Crippen LogP contribution in [-0.4, -0.2) is 37.1 Å². The lowest BCUT2D eigenvalue weighted by atomic mass is 10.1. The first-order chi connectivity index (χ1) is 15.4. The molecule has 3 N–H and O–H groups in total. The quantitative estimate of drug-likeness (QED) is 0.496. The van der Waals surface area contributed by atoms with Crippen molar-refractivity contribution in [1.29, 1.82) is 0 Å². The van der Waals surface area contributed by atoms with E-state index in [1.807, 2.05) is 30.3 Å². The van der Waals surface area contributed by atoms with Gasteiger partial charge in [0, 0.05) is 12.1 Å². The molecule has 0 saturated heterocycles. The van der Waals surface area contributed by atoms with E-state index >= 15 is 0 Å². The van der Waals surface area contributed by atoms with E-state index in [9.17, 15) is 19.5 Å². The van der Waals surface area contributed by atoms with Crippen molar-refractivity contribution in [1.82, 2.24) is 0 Å². The maximum atomic E-state index is 12.7. The van der Waals surface area contributed by atoms with Gasteiger partial charge in [-0.15, -0.1) is 0 Å². The molecule has 0 aromatic heterocycles. The fourth-order valence-electron chi connectivity index (χ4n) is 3.13. The smallest absolute Gasteiger partial charge is 0.336 e. The number of ether oxygens (including phenoxy) is 2. The van der Waals surface area contributed by atoms with Crippen molar-refractivity contribution in [3.05, 3.63) is 83.4 Å². The molecule has 164 valence electrons. The number of nitrogens with one attached hydrogen (secondary N) is 2. The second-order valence-electron chi connectivity index (χ2n) is 6.77. The fourth-order valence-corrected chi connectivity index (χ4v) is 3.13. The highest BCUT2D eigenvalue weighted by molar-refractivity contribution is 6.11. The van der Waals surface area contributed by atoms with Gasteiger partial charge >= 0.3 is 5.97 Å². The Morgan fingerprint density at radius 1 is 0.781 bits per heavy atom. The Balaban J connectivity index is 1.85. The third-order valence-electron chi connectivity index (χ3n) is 4.65. The van der Waals surface area contributed by atoms with Gasteiger partial charge < -0.3 is 25.2 Å². The van der Waals surface area contributed by atoms with Crippen molar-refractivity contribution < 1.29 is 29.0 Å². The molecular formula is C24H22N2O6. The van der Waals surface area contributed by atoms with Crippen molar-refractivity contribution in [2.75, 3.05) is 24.9 Å². The molecule has 8 nitrogen and oxygen atoms in total. The van der Waals surface area contributed by atoms with Crippen molar-refractivity contribution in [2.45, 2.75) is 6.42 Å². The monoisotopic (exact) mass is 434 g/mol. The van der Waals surface area contributed by atoms with Crippen LogP contribution in [0.25, 0.3) is 0 Å². The van der Waals surface area contributed by atoms with E-state index in [0.717, 1.165) is 5.56 Å². The van der Waals surface area contributed by atoms with Crippen molar-refractivity contribution >= 4 is 29.2 Å². The summed E-state index contributed by atoms with van der Waals surface area (Å²) < 4.78 is 10.7. The average Bonchev–Trinajstić information content (AvgIpc) is 2.80. The van der Waals surface area contributed by atoms with Gasteiger partial charge in [-0.25, -0.2) is 4.79 Å². The molecule has 0 fully saturated rings. The van der Waals surface area contributed by atoms with Crippen molar-refractivity contribution in [3.63, 3.8) is 0 Å². The summed E-state index contributed by atoms with van der Waals surface area (Å²) in [5.74, 6) is -1.51. The third-order valence-corrected chi connectivity index (χ3v) is 4.65. The molecule has 8 heteroatoms. The Morgan fingerprint density at radius 2 is 1.31 bits per heavy atom. The van der Waals surface area contributed by atoms with Crippen LogP contribution in [0.15, 0.2) is 66.7 Å². The Kier molecular flexibility index (Phi) is 7.07. The van der Waals surface area contributed by atoms with Gasteiger partial charge in [-0.2, -0.15) is 0 Å². The van der Waals surface area contributed by atoms with E-state index in [0.29, 0.717) is 11.4 Å². The lowest BCUT2D eigenvalue weighted by Crippen LogP contribution is -2.18. The van der Waals surface area contributed by atoms with Gasteiger partial charge in [0.15, 0.2) is 0 Å². The molecule has 0 atom stereocenters. The first-order valence-electron chi connectivity index (χ1n) is 9.66. The lowest BCUT2D eigenvalue weighted by Gasteiger charge is -2.16. The summed E-state index contributed by atoms with van der Waals surface area (Å²) in [6, 6.07) is 18.2. The van der Waals surface area contributed by atoms with Gasteiger partial charge in [0.25, 0.3) is 5.91 Å². The summed E-state index contributed by atoms with van der Waals surface area (Å²) in [4.78, 5) is 36.6. The number of anilines is 2. The summed E-state index contributed by atoms with van der Waals surface area (Å²) in [6.45, 7) is 0. The van der Waals surface area contributed by atoms with Crippen LogP contribution < -0.4 is 20.1 Å². The molecule has 3 aromatic carbocycles. The molecule has 0 aliphatic carbocycles. The molecule has 2 amide bonds. The molecule has 0 bridgehead atoms. The molecule has 0 radical (unpaired) electrons. The highest BCUT2D eigenvalue weighted by Gasteiger charge is 2.19. The number of rotatable bonds is 8. The minimum Gasteiger partial charge on any atom is -0.494 e. The summed E-state index contributed by atoms with van der Waals surface area (Å²) in [5.41, 5.74) is 1.36. The minimum absolute atomic E-state index is 0.00117. The number of aromatic carboxylic acids is 1. The second-order valence-corrected chi connectivity index (χ2v) is 6.77. The van der Waals surface area contributed by atoms with E-state index < -0.39 is 11.9 Å². The van der Waals surface area contributed by atoms with Gasteiger partial charge in [0.2, 0.25) is 5.91 Å². The van der Waals surface area contributed by atoms with Crippen LogP contribution in [0.1, 0.15) is 26.3 Å². The first-order valence-corrected chi connectivity index (χ1v) is 9.66.